The molecule has 0 aliphatic carbocycles. The molecule has 3 aromatic carbocycles. The summed E-state index contributed by atoms with van der Waals surface area (Å²) in [6.45, 7) is 1.94. The number of carbonyl (C=O) groups is 3. The molecule has 2 amide bonds. The predicted octanol–water partition coefficient (Wildman–Crippen LogP) is 4.67. The summed E-state index contributed by atoms with van der Waals surface area (Å²) in [5.74, 6) is -1.39. The SMILES string of the molecule is Cc1ccccc1N1C(=O)c2ccc(C(=O)OC/C=C/c3ccccc3)cc2C1=O. The molecule has 0 N–H and O–H groups in total. The summed E-state index contributed by atoms with van der Waals surface area (Å²) in [4.78, 5) is 39.2. The third-order valence-corrected chi connectivity index (χ3v) is 4.90. The molecule has 0 spiro atoms. The highest BCUT2D eigenvalue weighted by Gasteiger charge is 2.37. The summed E-state index contributed by atoms with van der Waals surface area (Å²) in [5, 5.41) is 0. The molecular weight excluding hydrogens is 378 g/mol. The van der Waals surface area contributed by atoms with Gasteiger partial charge in [-0.2, -0.15) is 0 Å². The van der Waals surface area contributed by atoms with Crippen molar-refractivity contribution in [3.8, 4) is 0 Å². The summed E-state index contributed by atoms with van der Waals surface area (Å²) >= 11 is 0. The van der Waals surface area contributed by atoms with Crippen LogP contribution in [0.2, 0.25) is 0 Å². The van der Waals surface area contributed by atoms with E-state index in [0.717, 1.165) is 16.0 Å². The molecule has 0 aromatic heterocycles. The zero-order valence-electron chi connectivity index (χ0n) is 16.4. The number of imide groups is 1. The van der Waals surface area contributed by atoms with Crippen LogP contribution in [0.3, 0.4) is 0 Å². The van der Waals surface area contributed by atoms with Crippen LogP contribution >= 0.6 is 0 Å². The van der Waals surface area contributed by atoms with Crippen molar-refractivity contribution in [2.24, 2.45) is 0 Å². The van der Waals surface area contributed by atoms with Gasteiger partial charge in [0.25, 0.3) is 11.8 Å². The number of carbonyl (C=O) groups excluding carboxylic acids is 3. The van der Waals surface area contributed by atoms with Crippen molar-refractivity contribution in [1.29, 1.82) is 0 Å². The van der Waals surface area contributed by atoms with Crippen molar-refractivity contribution in [2.75, 3.05) is 11.5 Å². The van der Waals surface area contributed by atoms with Gasteiger partial charge in [-0.05, 0) is 48.4 Å². The number of fused-ring (bicyclic) bond motifs is 1. The average molecular weight is 397 g/mol. The Kier molecular flexibility index (Phi) is 5.26. The molecule has 0 fully saturated rings. The molecule has 5 heteroatoms. The number of esters is 1. The number of hydrogen-bond donors (Lipinski definition) is 0. The van der Waals surface area contributed by atoms with Crippen LogP contribution in [-0.4, -0.2) is 24.4 Å². The molecule has 4 rings (SSSR count). The summed E-state index contributed by atoms with van der Waals surface area (Å²) < 4.78 is 5.27. The van der Waals surface area contributed by atoms with E-state index in [1.807, 2.05) is 55.5 Å². The lowest BCUT2D eigenvalue weighted by Gasteiger charge is -2.16. The number of amides is 2. The average Bonchev–Trinajstić information content (AvgIpc) is 3.02. The molecule has 1 aliphatic rings. The second kappa shape index (κ2) is 8.17. The van der Waals surface area contributed by atoms with Gasteiger partial charge in [-0.25, -0.2) is 9.69 Å². The van der Waals surface area contributed by atoms with Gasteiger partial charge in [0.15, 0.2) is 0 Å². The molecular formula is C25H19NO4. The largest absolute Gasteiger partial charge is 0.458 e. The van der Waals surface area contributed by atoms with Crippen LogP contribution in [0.5, 0.6) is 0 Å². The molecule has 148 valence electrons. The van der Waals surface area contributed by atoms with E-state index < -0.39 is 17.8 Å². The lowest BCUT2D eigenvalue weighted by Crippen LogP contribution is -2.29. The number of ether oxygens (including phenoxy) is 1. The fourth-order valence-electron chi connectivity index (χ4n) is 3.36. The maximum atomic E-state index is 12.9. The Morgan fingerprint density at radius 2 is 1.60 bits per heavy atom. The number of hydrogen-bond acceptors (Lipinski definition) is 4. The molecule has 0 unspecified atom stereocenters. The molecule has 1 heterocycles. The maximum Gasteiger partial charge on any atom is 0.338 e. The van der Waals surface area contributed by atoms with Gasteiger partial charge in [0.2, 0.25) is 0 Å². The number of para-hydroxylation sites is 1. The van der Waals surface area contributed by atoms with Gasteiger partial charge in [-0.1, -0.05) is 54.6 Å². The molecule has 5 nitrogen and oxygen atoms in total. The van der Waals surface area contributed by atoms with E-state index in [9.17, 15) is 14.4 Å². The Morgan fingerprint density at radius 3 is 2.37 bits per heavy atom. The quantitative estimate of drug-likeness (QED) is 0.464. The molecule has 1 aliphatic heterocycles. The first kappa shape index (κ1) is 19.3. The third kappa shape index (κ3) is 3.65. The lowest BCUT2D eigenvalue weighted by molar-refractivity contribution is 0.0550. The molecule has 0 radical (unpaired) electrons. The van der Waals surface area contributed by atoms with Crippen molar-refractivity contribution in [3.05, 3.63) is 107 Å². The highest BCUT2D eigenvalue weighted by molar-refractivity contribution is 6.34. The van der Waals surface area contributed by atoms with E-state index in [-0.39, 0.29) is 23.3 Å². The van der Waals surface area contributed by atoms with E-state index in [1.54, 1.807) is 18.2 Å². The topological polar surface area (TPSA) is 63.7 Å². The van der Waals surface area contributed by atoms with Crippen LogP contribution in [0.1, 0.15) is 42.2 Å². The molecule has 30 heavy (non-hydrogen) atoms. The fourth-order valence-corrected chi connectivity index (χ4v) is 3.36. The molecule has 0 bridgehead atoms. The van der Waals surface area contributed by atoms with Gasteiger partial charge in [-0.15, -0.1) is 0 Å². The zero-order chi connectivity index (χ0) is 21.1. The Labute approximate surface area is 174 Å². The number of aryl methyl sites for hydroxylation is 1. The van der Waals surface area contributed by atoms with Gasteiger partial charge in [0.05, 0.1) is 22.4 Å². The van der Waals surface area contributed by atoms with Crippen molar-refractivity contribution >= 4 is 29.5 Å². The normalized spacial score (nSPS) is 13.0. The van der Waals surface area contributed by atoms with E-state index in [2.05, 4.69) is 0 Å². The van der Waals surface area contributed by atoms with Crippen LogP contribution in [0, 0.1) is 6.92 Å². The van der Waals surface area contributed by atoms with Gasteiger partial charge in [0.1, 0.15) is 6.61 Å². The van der Waals surface area contributed by atoms with Crippen LogP contribution in [0.25, 0.3) is 6.08 Å². The van der Waals surface area contributed by atoms with E-state index in [1.165, 1.54) is 18.2 Å². The Hall–Kier alpha value is -3.99. The zero-order valence-corrected chi connectivity index (χ0v) is 16.4. The van der Waals surface area contributed by atoms with Gasteiger partial charge in [-0.3, -0.25) is 9.59 Å². The van der Waals surface area contributed by atoms with Crippen molar-refractivity contribution in [1.82, 2.24) is 0 Å². The summed E-state index contributed by atoms with van der Waals surface area (Å²) in [6, 6.07) is 21.3. The lowest BCUT2D eigenvalue weighted by atomic mass is 10.1. The maximum absolute atomic E-state index is 12.9. The van der Waals surface area contributed by atoms with Crippen molar-refractivity contribution in [2.45, 2.75) is 6.92 Å². The minimum atomic E-state index is -0.551. The number of benzene rings is 3. The first-order chi connectivity index (χ1) is 14.6. The predicted molar refractivity (Wildman–Crippen MR) is 115 cm³/mol. The number of anilines is 1. The van der Waals surface area contributed by atoms with Gasteiger partial charge < -0.3 is 4.74 Å². The Balaban J connectivity index is 1.49. The summed E-state index contributed by atoms with van der Waals surface area (Å²) in [5.41, 5.74) is 3.08. The Morgan fingerprint density at radius 1 is 0.900 bits per heavy atom. The monoisotopic (exact) mass is 397 g/mol. The summed E-state index contributed by atoms with van der Waals surface area (Å²) in [7, 11) is 0. The van der Waals surface area contributed by atoms with Crippen LogP contribution in [0.15, 0.2) is 78.9 Å². The van der Waals surface area contributed by atoms with E-state index >= 15 is 0 Å². The van der Waals surface area contributed by atoms with Crippen molar-refractivity contribution < 1.29 is 19.1 Å². The first-order valence-electron chi connectivity index (χ1n) is 9.53. The van der Waals surface area contributed by atoms with Crippen LogP contribution in [-0.2, 0) is 4.74 Å². The molecule has 0 atom stereocenters. The van der Waals surface area contributed by atoms with E-state index in [0.29, 0.717) is 5.69 Å². The van der Waals surface area contributed by atoms with E-state index in [4.69, 9.17) is 4.74 Å². The second-order valence-corrected chi connectivity index (χ2v) is 6.90. The van der Waals surface area contributed by atoms with Crippen LogP contribution in [0.4, 0.5) is 5.69 Å². The number of rotatable bonds is 5. The smallest absolute Gasteiger partial charge is 0.338 e. The minimum absolute atomic E-state index is 0.104. The summed E-state index contributed by atoms with van der Waals surface area (Å²) in [6.07, 6.45) is 3.60. The van der Waals surface area contributed by atoms with Gasteiger partial charge in [0, 0.05) is 0 Å². The van der Waals surface area contributed by atoms with Crippen LogP contribution < -0.4 is 4.90 Å². The fraction of sp³-hybridized carbons (Fsp3) is 0.0800. The van der Waals surface area contributed by atoms with Gasteiger partial charge >= 0.3 is 5.97 Å². The van der Waals surface area contributed by atoms with Crippen molar-refractivity contribution in [3.63, 3.8) is 0 Å². The number of nitrogens with zero attached hydrogens (tertiary/aromatic N) is 1. The standard InChI is InChI=1S/C25H19NO4/c1-17-8-5-6-12-22(17)26-23(27)20-14-13-19(16-21(20)24(26)28)25(29)30-15-7-11-18-9-3-2-4-10-18/h2-14,16H,15H2,1H3/b11-7+. The first-order valence-corrected chi connectivity index (χ1v) is 9.53. The molecule has 0 saturated carbocycles. The Bertz CT molecular complexity index is 1160. The highest BCUT2D eigenvalue weighted by Crippen LogP contribution is 2.31. The molecule has 3 aromatic rings. The third-order valence-electron chi connectivity index (χ3n) is 4.90. The second-order valence-electron chi connectivity index (χ2n) is 6.90. The minimum Gasteiger partial charge on any atom is -0.458 e. The highest BCUT2D eigenvalue weighted by atomic mass is 16.5. The molecule has 0 saturated heterocycles.